The highest BCUT2D eigenvalue weighted by molar-refractivity contribution is 7.08. The van der Waals surface area contributed by atoms with Crippen molar-refractivity contribution < 1.29 is 9.53 Å². The van der Waals surface area contributed by atoms with E-state index >= 15 is 0 Å². The first-order valence-corrected chi connectivity index (χ1v) is 14.2. The van der Waals surface area contributed by atoms with Gasteiger partial charge in [0.1, 0.15) is 11.9 Å². The number of hydrogen-bond donors (Lipinski definition) is 3. The SMILES string of the molecule is CN1CCC(Oc2ccc(C(=N)c3cc(C(=O)NC(c4ccsc4)C4CCCC4)ccc3N)cc2)CC1. The summed E-state index contributed by atoms with van der Waals surface area (Å²) in [4.78, 5) is 15.7. The number of hydrogen-bond acceptors (Lipinski definition) is 6. The lowest BCUT2D eigenvalue weighted by Gasteiger charge is -2.29. The number of nitrogen functional groups attached to an aromatic ring is 1. The zero-order valence-electron chi connectivity index (χ0n) is 21.4. The maximum atomic E-state index is 13.3. The summed E-state index contributed by atoms with van der Waals surface area (Å²) in [5.74, 6) is 1.15. The van der Waals surface area contributed by atoms with E-state index in [-0.39, 0.29) is 18.1 Å². The molecule has 3 aromatic rings. The lowest BCUT2D eigenvalue weighted by molar-refractivity contribution is 0.0922. The van der Waals surface area contributed by atoms with Gasteiger partial charge in [-0.1, -0.05) is 12.8 Å². The van der Waals surface area contributed by atoms with Gasteiger partial charge in [-0.2, -0.15) is 11.3 Å². The fourth-order valence-electron chi connectivity index (χ4n) is 5.51. The Hall–Kier alpha value is -3.16. The highest BCUT2D eigenvalue weighted by atomic mass is 32.1. The second-order valence-corrected chi connectivity index (χ2v) is 11.2. The number of anilines is 1. The molecule has 37 heavy (non-hydrogen) atoms. The summed E-state index contributed by atoms with van der Waals surface area (Å²) in [6.07, 6.45) is 6.97. The van der Waals surface area contributed by atoms with Gasteiger partial charge in [0.2, 0.25) is 0 Å². The number of nitrogens with zero attached hydrogens (tertiary/aromatic N) is 1. The number of benzene rings is 2. The van der Waals surface area contributed by atoms with Crippen LogP contribution < -0.4 is 15.8 Å². The molecular weight excluding hydrogens is 480 g/mol. The molecule has 1 aliphatic carbocycles. The van der Waals surface area contributed by atoms with Crippen LogP contribution in [0.2, 0.25) is 0 Å². The van der Waals surface area contributed by atoms with Crippen LogP contribution in [0, 0.1) is 11.3 Å². The molecule has 2 fully saturated rings. The topological polar surface area (TPSA) is 91.4 Å². The lowest BCUT2D eigenvalue weighted by atomic mass is 9.92. The number of rotatable bonds is 8. The minimum atomic E-state index is -0.126. The summed E-state index contributed by atoms with van der Waals surface area (Å²) in [7, 11) is 2.14. The van der Waals surface area contributed by atoms with Crippen LogP contribution in [0.25, 0.3) is 0 Å². The van der Waals surface area contributed by atoms with Crippen molar-refractivity contribution in [1.82, 2.24) is 10.2 Å². The van der Waals surface area contributed by atoms with E-state index in [2.05, 4.69) is 34.1 Å². The molecule has 1 unspecified atom stereocenters. The summed E-state index contributed by atoms with van der Waals surface area (Å²) in [6.45, 7) is 2.09. The Morgan fingerprint density at radius 2 is 1.76 bits per heavy atom. The summed E-state index contributed by atoms with van der Waals surface area (Å²) in [5, 5.41) is 16.3. The van der Waals surface area contributed by atoms with Gasteiger partial charge in [-0.3, -0.25) is 10.2 Å². The molecule has 2 aromatic carbocycles. The van der Waals surface area contributed by atoms with Gasteiger partial charge in [0.25, 0.3) is 5.91 Å². The Bertz CT molecular complexity index is 1210. The lowest BCUT2D eigenvalue weighted by Crippen LogP contribution is -2.35. The Balaban J connectivity index is 1.29. The maximum absolute atomic E-state index is 13.3. The fourth-order valence-corrected chi connectivity index (χ4v) is 6.20. The molecule has 6 nitrogen and oxygen atoms in total. The van der Waals surface area contributed by atoms with Crippen molar-refractivity contribution in [3.63, 3.8) is 0 Å². The highest BCUT2D eigenvalue weighted by Crippen LogP contribution is 2.36. The van der Waals surface area contributed by atoms with Gasteiger partial charge in [-0.05, 0) is 104 Å². The van der Waals surface area contributed by atoms with Crippen molar-refractivity contribution in [2.45, 2.75) is 50.7 Å². The monoisotopic (exact) mass is 516 g/mol. The second kappa shape index (κ2) is 11.5. The molecule has 1 aromatic heterocycles. The largest absolute Gasteiger partial charge is 0.490 e. The van der Waals surface area contributed by atoms with E-state index in [9.17, 15) is 4.79 Å². The summed E-state index contributed by atoms with van der Waals surface area (Å²) in [6, 6.07) is 15.0. The molecule has 0 spiro atoms. The van der Waals surface area contributed by atoms with E-state index < -0.39 is 0 Å². The zero-order chi connectivity index (χ0) is 25.8. The number of nitrogens with two attached hydrogens (primary N) is 1. The van der Waals surface area contributed by atoms with Crippen LogP contribution in [0.1, 0.15) is 71.6 Å². The summed E-state index contributed by atoms with van der Waals surface area (Å²) < 4.78 is 6.15. The average molecular weight is 517 g/mol. The fraction of sp³-hybridized carbons (Fsp3) is 0.400. The van der Waals surface area contributed by atoms with Gasteiger partial charge < -0.3 is 20.7 Å². The molecular formula is C30H36N4O2S. The van der Waals surface area contributed by atoms with Crippen molar-refractivity contribution in [2.24, 2.45) is 5.92 Å². The third kappa shape index (κ3) is 6.05. The van der Waals surface area contributed by atoms with Gasteiger partial charge in [-0.15, -0.1) is 0 Å². The summed E-state index contributed by atoms with van der Waals surface area (Å²) >= 11 is 1.66. The van der Waals surface area contributed by atoms with Gasteiger partial charge in [0.05, 0.1) is 11.8 Å². The van der Waals surface area contributed by atoms with E-state index in [4.69, 9.17) is 15.9 Å². The van der Waals surface area contributed by atoms with Crippen LogP contribution in [-0.4, -0.2) is 42.8 Å². The normalized spacial score (nSPS) is 18.0. The number of nitrogens with one attached hydrogen (secondary N) is 2. The molecule has 0 bridgehead atoms. The number of thiophene rings is 1. The first-order valence-electron chi connectivity index (χ1n) is 13.2. The van der Waals surface area contributed by atoms with E-state index in [0.29, 0.717) is 28.4 Å². The molecule has 1 atom stereocenters. The molecule has 1 saturated carbocycles. The molecule has 194 valence electrons. The van der Waals surface area contributed by atoms with E-state index in [1.54, 1.807) is 29.5 Å². The predicted octanol–water partition coefficient (Wildman–Crippen LogP) is 5.88. The molecule has 1 aliphatic heterocycles. The van der Waals surface area contributed by atoms with E-state index in [1.807, 2.05) is 24.3 Å². The minimum absolute atomic E-state index is 0.0128. The molecule has 0 radical (unpaired) electrons. The van der Waals surface area contributed by atoms with Crippen molar-refractivity contribution in [1.29, 1.82) is 5.41 Å². The third-order valence-electron chi connectivity index (χ3n) is 7.76. The van der Waals surface area contributed by atoms with Crippen LogP contribution in [0.3, 0.4) is 0 Å². The maximum Gasteiger partial charge on any atom is 0.251 e. The molecule has 5 rings (SSSR count). The number of ether oxygens (including phenoxy) is 1. The predicted molar refractivity (Wildman–Crippen MR) is 151 cm³/mol. The molecule has 7 heteroatoms. The van der Waals surface area contributed by atoms with Gasteiger partial charge in [0.15, 0.2) is 0 Å². The first-order chi connectivity index (χ1) is 18.0. The van der Waals surface area contributed by atoms with Crippen molar-refractivity contribution >= 4 is 28.6 Å². The molecule has 4 N–H and O–H groups in total. The highest BCUT2D eigenvalue weighted by Gasteiger charge is 2.28. The molecule has 2 heterocycles. The summed E-state index contributed by atoms with van der Waals surface area (Å²) in [5.41, 5.74) is 10.0. The number of carbonyl (C=O) groups is 1. The van der Waals surface area contributed by atoms with Crippen LogP contribution >= 0.6 is 11.3 Å². The van der Waals surface area contributed by atoms with E-state index in [1.165, 1.54) is 18.4 Å². The minimum Gasteiger partial charge on any atom is -0.490 e. The quantitative estimate of drug-likeness (QED) is 0.258. The van der Waals surface area contributed by atoms with Crippen molar-refractivity contribution in [3.8, 4) is 5.75 Å². The van der Waals surface area contributed by atoms with Crippen molar-refractivity contribution in [3.05, 3.63) is 81.5 Å². The first kappa shape index (κ1) is 25.5. The third-order valence-corrected chi connectivity index (χ3v) is 8.46. The zero-order valence-corrected chi connectivity index (χ0v) is 22.2. The Labute approximate surface area is 223 Å². The molecule has 1 amide bonds. The van der Waals surface area contributed by atoms with Crippen molar-refractivity contribution in [2.75, 3.05) is 25.9 Å². The van der Waals surface area contributed by atoms with Gasteiger partial charge in [0, 0.05) is 35.5 Å². The standard InChI is InChI=1S/C30H36N4O2S/c1-34-15-12-25(13-16-34)36-24-9-6-20(7-10-24)28(32)26-18-22(8-11-27(26)31)30(35)33-29(21-4-2-3-5-21)23-14-17-37-19-23/h6-11,14,17-19,21,25,29,32H,2-5,12-13,15-16,31H2,1H3,(H,33,35). The Morgan fingerprint density at radius 3 is 2.43 bits per heavy atom. The molecule has 2 aliphatic rings. The number of carbonyl (C=O) groups excluding carboxylic acids is 1. The Morgan fingerprint density at radius 1 is 1.05 bits per heavy atom. The van der Waals surface area contributed by atoms with Gasteiger partial charge >= 0.3 is 0 Å². The van der Waals surface area contributed by atoms with Gasteiger partial charge in [-0.25, -0.2) is 0 Å². The van der Waals surface area contributed by atoms with E-state index in [0.717, 1.165) is 50.1 Å². The van der Waals surface area contributed by atoms with Crippen LogP contribution in [0.5, 0.6) is 5.75 Å². The average Bonchev–Trinajstić information content (AvgIpc) is 3.64. The molecule has 1 saturated heterocycles. The number of piperidine rings is 1. The second-order valence-electron chi connectivity index (χ2n) is 10.4. The number of likely N-dealkylation sites (tertiary alicyclic amines) is 1. The smallest absolute Gasteiger partial charge is 0.251 e. The number of amides is 1. The van der Waals surface area contributed by atoms with Crippen LogP contribution in [-0.2, 0) is 0 Å². The Kier molecular flexibility index (Phi) is 7.91. The van der Waals surface area contributed by atoms with Crippen LogP contribution in [0.15, 0.2) is 59.3 Å². The van der Waals surface area contributed by atoms with Crippen LogP contribution in [0.4, 0.5) is 5.69 Å².